The standard InChI is InChI=1S/C36H44O10S2/c1-26-8-16-31(17-9-26)47(40,41)24-30(25-48(42,43)32-18-10-27(2)11-19-32)35(39)29-14-12-28(13-15-29)33(37)7-6-20-44-21-22-45-23-34(38)46-36(3,4)5/h8-19,30H,6-7,20-25H2,1-5H3. The molecule has 0 saturated heterocycles. The summed E-state index contributed by atoms with van der Waals surface area (Å²) in [6.07, 6.45) is 0.611. The molecule has 3 aromatic rings. The molecule has 0 aromatic heterocycles. The average molecular weight is 701 g/mol. The minimum absolute atomic E-state index is 0.00289. The fourth-order valence-electron chi connectivity index (χ4n) is 4.69. The fourth-order valence-corrected chi connectivity index (χ4v) is 7.93. The highest BCUT2D eigenvalue weighted by molar-refractivity contribution is 7.92. The van der Waals surface area contributed by atoms with Crippen LogP contribution in [0.1, 0.15) is 65.5 Å². The zero-order chi connectivity index (χ0) is 35.5. The van der Waals surface area contributed by atoms with Gasteiger partial charge in [-0.3, -0.25) is 9.59 Å². The fraction of sp³-hybridized carbons (Fsp3) is 0.417. The number of carbonyl (C=O) groups excluding carboxylic acids is 3. The molecule has 0 atom stereocenters. The number of hydrogen-bond donors (Lipinski definition) is 0. The minimum atomic E-state index is -4.02. The van der Waals surface area contributed by atoms with E-state index < -0.39 is 54.5 Å². The van der Waals surface area contributed by atoms with Gasteiger partial charge in [0.15, 0.2) is 31.2 Å². The van der Waals surface area contributed by atoms with Gasteiger partial charge in [-0.2, -0.15) is 0 Å². The van der Waals surface area contributed by atoms with Gasteiger partial charge in [0.05, 0.1) is 40.4 Å². The van der Waals surface area contributed by atoms with Crippen LogP contribution in [0.2, 0.25) is 0 Å². The molecule has 3 rings (SSSR count). The van der Waals surface area contributed by atoms with Crippen LogP contribution in [0, 0.1) is 19.8 Å². The largest absolute Gasteiger partial charge is 0.458 e. The van der Waals surface area contributed by atoms with Gasteiger partial charge in [-0.05, 0) is 65.3 Å². The number of ketones is 2. The second kappa shape index (κ2) is 17.1. The van der Waals surface area contributed by atoms with Crippen LogP contribution in [0.15, 0.2) is 82.6 Å². The smallest absolute Gasteiger partial charge is 0.332 e. The Morgan fingerprint density at radius 1 is 0.646 bits per heavy atom. The molecule has 0 fully saturated rings. The van der Waals surface area contributed by atoms with Gasteiger partial charge in [-0.1, -0.05) is 59.7 Å². The number of sulfone groups is 2. The second-order valence-corrected chi connectivity index (χ2v) is 16.7. The topological polar surface area (TPSA) is 147 Å². The number of ether oxygens (including phenoxy) is 3. The van der Waals surface area contributed by atoms with Gasteiger partial charge in [0.1, 0.15) is 12.2 Å². The number of carbonyl (C=O) groups is 3. The second-order valence-electron chi connectivity index (χ2n) is 12.6. The van der Waals surface area contributed by atoms with E-state index in [1.807, 2.05) is 13.8 Å². The third-order valence-electron chi connectivity index (χ3n) is 7.17. The van der Waals surface area contributed by atoms with Gasteiger partial charge < -0.3 is 14.2 Å². The molecule has 0 spiro atoms. The van der Waals surface area contributed by atoms with Gasteiger partial charge >= 0.3 is 5.97 Å². The number of hydrogen-bond acceptors (Lipinski definition) is 10. The summed E-state index contributed by atoms with van der Waals surface area (Å²) in [5.41, 5.74) is 1.57. The first kappa shape index (κ1) is 38.7. The van der Waals surface area contributed by atoms with E-state index in [4.69, 9.17) is 14.2 Å². The zero-order valence-corrected chi connectivity index (χ0v) is 29.7. The highest BCUT2D eigenvalue weighted by atomic mass is 32.2. The Labute approximate surface area is 283 Å². The van der Waals surface area contributed by atoms with Crippen LogP contribution in [0.5, 0.6) is 0 Å². The summed E-state index contributed by atoms with van der Waals surface area (Å²) in [6, 6.07) is 18.1. The van der Waals surface area contributed by atoms with Crippen molar-refractivity contribution in [2.24, 2.45) is 5.92 Å². The first-order valence-electron chi connectivity index (χ1n) is 15.6. The number of aryl methyl sites for hydroxylation is 2. The lowest BCUT2D eigenvalue weighted by Gasteiger charge is -2.19. The normalized spacial score (nSPS) is 12.2. The Bertz CT molecular complexity index is 1680. The van der Waals surface area contributed by atoms with Crippen LogP contribution >= 0.6 is 0 Å². The van der Waals surface area contributed by atoms with Gasteiger partial charge in [-0.15, -0.1) is 0 Å². The molecular formula is C36H44O10S2. The Morgan fingerprint density at radius 2 is 1.10 bits per heavy atom. The Balaban J connectivity index is 1.62. The van der Waals surface area contributed by atoms with Crippen LogP contribution in [-0.2, 0) is 38.7 Å². The number of Topliss-reactive ketones (excluding diaryl/α,β-unsaturated/α-hetero) is 2. The van der Waals surface area contributed by atoms with Gasteiger partial charge in [0.2, 0.25) is 0 Å². The number of benzene rings is 3. The van der Waals surface area contributed by atoms with Crippen molar-refractivity contribution in [3.63, 3.8) is 0 Å². The molecule has 0 bridgehead atoms. The molecule has 3 aromatic carbocycles. The lowest BCUT2D eigenvalue weighted by molar-refractivity contribution is -0.160. The first-order valence-corrected chi connectivity index (χ1v) is 18.9. The molecule has 0 heterocycles. The van der Waals surface area contributed by atoms with Crippen molar-refractivity contribution >= 4 is 37.2 Å². The van der Waals surface area contributed by atoms with E-state index >= 15 is 0 Å². The molecule has 0 radical (unpaired) electrons. The molecule has 12 heteroatoms. The summed E-state index contributed by atoms with van der Waals surface area (Å²) in [6.45, 7) is 9.49. The maximum Gasteiger partial charge on any atom is 0.332 e. The quantitative estimate of drug-likeness (QED) is 0.0962. The Morgan fingerprint density at radius 3 is 1.58 bits per heavy atom. The molecule has 0 saturated carbocycles. The van der Waals surface area contributed by atoms with E-state index in [9.17, 15) is 31.2 Å². The zero-order valence-electron chi connectivity index (χ0n) is 28.1. The van der Waals surface area contributed by atoms with Crippen LogP contribution in [-0.4, -0.2) is 77.9 Å². The Hall–Kier alpha value is -3.71. The molecule has 10 nitrogen and oxygen atoms in total. The lowest BCUT2D eigenvalue weighted by Crippen LogP contribution is -2.31. The maximum absolute atomic E-state index is 13.7. The molecule has 260 valence electrons. The molecule has 0 aliphatic heterocycles. The molecule has 0 N–H and O–H groups in total. The monoisotopic (exact) mass is 700 g/mol. The minimum Gasteiger partial charge on any atom is -0.458 e. The van der Waals surface area contributed by atoms with Crippen LogP contribution in [0.3, 0.4) is 0 Å². The van der Waals surface area contributed by atoms with Gasteiger partial charge in [-0.25, -0.2) is 21.6 Å². The molecular weight excluding hydrogens is 657 g/mol. The van der Waals surface area contributed by atoms with Gasteiger partial charge in [0, 0.05) is 24.2 Å². The third-order valence-corrected chi connectivity index (χ3v) is 10.8. The summed E-state index contributed by atoms with van der Waals surface area (Å²) < 4.78 is 69.2. The molecule has 48 heavy (non-hydrogen) atoms. The SMILES string of the molecule is Cc1ccc(S(=O)(=O)CC(CS(=O)(=O)c2ccc(C)cc2)C(=O)c2ccc(C(=O)CCCOCCOCC(=O)OC(C)(C)C)cc2)cc1. The van der Waals surface area contributed by atoms with E-state index in [1.54, 1.807) is 45.0 Å². The summed E-state index contributed by atoms with van der Waals surface area (Å²) in [7, 11) is -8.05. The average Bonchev–Trinajstić information content (AvgIpc) is 3.01. The van der Waals surface area contributed by atoms with Gasteiger partial charge in [0.25, 0.3) is 0 Å². The molecule has 0 unspecified atom stereocenters. The van der Waals surface area contributed by atoms with Crippen molar-refractivity contribution in [3.8, 4) is 0 Å². The highest BCUT2D eigenvalue weighted by Crippen LogP contribution is 2.23. The van der Waals surface area contributed by atoms with Crippen LogP contribution in [0.4, 0.5) is 0 Å². The van der Waals surface area contributed by atoms with Crippen molar-refractivity contribution in [2.45, 2.75) is 62.9 Å². The van der Waals surface area contributed by atoms with E-state index in [-0.39, 0.29) is 47.4 Å². The summed E-state index contributed by atoms with van der Waals surface area (Å²) in [5, 5.41) is 0. The van der Waals surface area contributed by atoms with Crippen molar-refractivity contribution in [3.05, 3.63) is 95.1 Å². The first-order chi connectivity index (χ1) is 22.5. The summed E-state index contributed by atoms with van der Waals surface area (Å²) in [5.74, 6) is -4.09. The maximum atomic E-state index is 13.7. The van der Waals surface area contributed by atoms with Crippen LogP contribution in [0.25, 0.3) is 0 Å². The van der Waals surface area contributed by atoms with Crippen molar-refractivity contribution in [1.29, 1.82) is 0 Å². The lowest BCUT2D eigenvalue weighted by atomic mass is 9.98. The third kappa shape index (κ3) is 12.4. The van der Waals surface area contributed by atoms with Crippen molar-refractivity contribution < 1.29 is 45.4 Å². The predicted octanol–water partition coefficient (Wildman–Crippen LogP) is 5.39. The highest BCUT2D eigenvalue weighted by Gasteiger charge is 2.33. The van der Waals surface area contributed by atoms with E-state index in [2.05, 4.69) is 0 Å². The van der Waals surface area contributed by atoms with E-state index in [0.29, 0.717) is 18.6 Å². The van der Waals surface area contributed by atoms with Crippen LogP contribution < -0.4 is 0 Å². The van der Waals surface area contributed by atoms with E-state index in [1.165, 1.54) is 48.5 Å². The predicted molar refractivity (Wildman–Crippen MR) is 182 cm³/mol. The molecule has 0 amide bonds. The molecule has 0 aliphatic carbocycles. The summed E-state index contributed by atoms with van der Waals surface area (Å²) >= 11 is 0. The number of rotatable bonds is 18. The Kier molecular flexibility index (Phi) is 13.8. The molecule has 0 aliphatic rings. The van der Waals surface area contributed by atoms with Crippen molar-refractivity contribution in [2.75, 3.05) is 37.9 Å². The summed E-state index contributed by atoms with van der Waals surface area (Å²) in [4.78, 5) is 38.1. The van der Waals surface area contributed by atoms with Crippen molar-refractivity contribution in [1.82, 2.24) is 0 Å². The van der Waals surface area contributed by atoms with E-state index in [0.717, 1.165) is 11.1 Å². The number of esters is 1.